The molecule has 8 nitrogen and oxygen atoms in total. The summed E-state index contributed by atoms with van der Waals surface area (Å²) in [6.45, 7) is 1.47. The molecule has 0 unspecified atom stereocenters. The van der Waals surface area contributed by atoms with Crippen molar-refractivity contribution in [2.45, 2.75) is 18.4 Å². The predicted molar refractivity (Wildman–Crippen MR) is 112 cm³/mol. The van der Waals surface area contributed by atoms with Crippen molar-refractivity contribution in [2.75, 3.05) is 25.1 Å². The number of nitrogens with two attached hydrogens (primary N) is 1. The van der Waals surface area contributed by atoms with Gasteiger partial charge in [-0.05, 0) is 28.0 Å². The number of hydrogen-bond donors (Lipinski definition) is 2. The van der Waals surface area contributed by atoms with Crippen molar-refractivity contribution in [3.8, 4) is 11.4 Å². The van der Waals surface area contributed by atoms with Gasteiger partial charge in [0.25, 0.3) is 0 Å². The van der Waals surface area contributed by atoms with E-state index in [2.05, 4.69) is 25.0 Å². The second-order valence-electron chi connectivity index (χ2n) is 6.29. The third kappa shape index (κ3) is 4.07. The van der Waals surface area contributed by atoms with Crippen molar-refractivity contribution in [1.29, 1.82) is 0 Å². The Morgan fingerprint density at radius 1 is 1.31 bits per heavy atom. The molecule has 0 atom stereocenters. The number of carbonyl (C=O) groups is 1. The number of hydrogen-bond acceptors (Lipinski definition) is 8. The summed E-state index contributed by atoms with van der Waals surface area (Å²) in [7, 11) is 1.32. The lowest BCUT2D eigenvalue weighted by atomic mass is 9.94. The highest BCUT2D eigenvalue weighted by molar-refractivity contribution is 7.99. The van der Waals surface area contributed by atoms with Gasteiger partial charge in [-0.2, -0.15) is 9.97 Å². The van der Waals surface area contributed by atoms with E-state index in [1.54, 1.807) is 0 Å². The van der Waals surface area contributed by atoms with E-state index in [0.29, 0.717) is 41.5 Å². The molecule has 0 bridgehead atoms. The van der Waals surface area contributed by atoms with Crippen LogP contribution in [-0.4, -0.2) is 40.5 Å². The Morgan fingerprint density at radius 2 is 2.14 bits per heavy atom. The number of thioether (sulfide) groups is 1. The summed E-state index contributed by atoms with van der Waals surface area (Å²) in [6, 6.07) is 7.91. The van der Waals surface area contributed by atoms with Gasteiger partial charge in [0.05, 0.1) is 25.3 Å². The van der Waals surface area contributed by atoms with E-state index in [4.69, 9.17) is 22.1 Å². The maximum atomic E-state index is 11.1. The summed E-state index contributed by atoms with van der Waals surface area (Å²) in [5.74, 6) is 1.08. The zero-order valence-corrected chi connectivity index (χ0v) is 17.1. The van der Waals surface area contributed by atoms with Gasteiger partial charge in [0.15, 0.2) is 11.0 Å². The molecule has 0 saturated carbocycles. The smallest absolute Gasteiger partial charge is 0.406 e. The van der Waals surface area contributed by atoms with E-state index in [1.165, 1.54) is 18.9 Å². The fraction of sp³-hybridized carbons (Fsp3) is 0.263. The molecule has 0 fully saturated rings. The number of nitrogen functional groups attached to an aromatic ring is 1. The highest BCUT2D eigenvalue weighted by atomic mass is 35.5. The number of methoxy groups -OCH3 is 1. The highest BCUT2D eigenvalue weighted by Gasteiger charge is 2.20. The molecule has 0 aliphatic carbocycles. The number of nitrogens with one attached hydrogen (secondary N) is 1. The Balaban J connectivity index is 1.70. The number of ether oxygens (including phenoxy) is 2. The van der Waals surface area contributed by atoms with E-state index >= 15 is 0 Å². The van der Waals surface area contributed by atoms with Gasteiger partial charge < -0.3 is 20.5 Å². The first-order chi connectivity index (χ1) is 14.1. The van der Waals surface area contributed by atoms with Crippen molar-refractivity contribution in [1.82, 2.24) is 20.3 Å². The van der Waals surface area contributed by atoms with Crippen LogP contribution in [-0.2, 0) is 22.7 Å². The number of anilines is 1. The number of alkyl carbamates (subject to hydrolysis) is 1. The van der Waals surface area contributed by atoms with Gasteiger partial charge >= 0.3 is 6.09 Å². The molecule has 1 aliphatic heterocycles. The highest BCUT2D eigenvalue weighted by Crippen LogP contribution is 2.39. The first-order valence-corrected chi connectivity index (χ1v) is 10.2. The molecule has 0 radical (unpaired) electrons. The van der Waals surface area contributed by atoms with Crippen molar-refractivity contribution < 1.29 is 14.3 Å². The summed E-state index contributed by atoms with van der Waals surface area (Å²) in [6.07, 6.45) is -0.485. The number of nitrogens with zero attached hydrogens (tertiary/aromatic N) is 3. The van der Waals surface area contributed by atoms with Gasteiger partial charge in [0.1, 0.15) is 0 Å². The van der Waals surface area contributed by atoms with E-state index in [-0.39, 0.29) is 5.95 Å². The van der Waals surface area contributed by atoms with Gasteiger partial charge in [-0.15, -0.1) is 0 Å². The minimum atomic E-state index is -0.485. The average molecular weight is 432 g/mol. The molecule has 29 heavy (non-hydrogen) atoms. The minimum absolute atomic E-state index is 0.110. The number of amides is 1. The Kier molecular flexibility index (Phi) is 5.70. The molecule has 3 aromatic rings. The van der Waals surface area contributed by atoms with Crippen LogP contribution in [0, 0.1) is 0 Å². The summed E-state index contributed by atoms with van der Waals surface area (Å²) >= 11 is 7.97. The third-order valence-corrected chi connectivity index (χ3v) is 5.59. The molecule has 1 aromatic heterocycles. The van der Waals surface area contributed by atoms with Crippen molar-refractivity contribution in [3.63, 3.8) is 0 Å². The Bertz CT molecular complexity index is 1100. The normalized spacial score (nSPS) is 12.8. The molecule has 0 saturated heterocycles. The summed E-state index contributed by atoms with van der Waals surface area (Å²) in [5, 5.41) is 5.67. The van der Waals surface area contributed by atoms with Gasteiger partial charge in [-0.3, -0.25) is 0 Å². The second-order valence-corrected chi connectivity index (χ2v) is 7.76. The van der Waals surface area contributed by atoms with Crippen LogP contribution in [0.3, 0.4) is 0 Å². The molecule has 150 valence electrons. The predicted octanol–water partition coefficient (Wildman–Crippen LogP) is 3.41. The summed E-state index contributed by atoms with van der Waals surface area (Å²) in [4.78, 5) is 24.2. The molecule has 1 aliphatic rings. The number of carbonyl (C=O) groups excluding carboxylic acids is 1. The molecule has 1 amide bonds. The third-order valence-electron chi connectivity index (χ3n) is 4.44. The minimum Gasteiger partial charge on any atom is -0.453 e. The van der Waals surface area contributed by atoms with Crippen molar-refractivity contribution in [3.05, 3.63) is 40.4 Å². The molecular weight excluding hydrogens is 414 g/mol. The first-order valence-electron chi connectivity index (χ1n) is 8.84. The lowest BCUT2D eigenvalue weighted by Crippen LogP contribution is -2.25. The Labute approximate surface area is 176 Å². The number of halogens is 1. The molecule has 2 heterocycles. The van der Waals surface area contributed by atoms with Crippen LogP contribution in [0.2, 0.25) is 5.02 Å². The van der Waals surface area contributed by atoms with Crippen LogP contribution in [0.4, 0.5) is 10.7 Å². The van der Waals surface area contributed by atoms with Crippen LogP contribution >= 0.6 is 23.4 Å². The van der Waals surface area contributed by atoms with E-state index < -0.39 is 6.09 Å². The van der Waals surface area contributed by atoms with Gasteiger partial charge in [0, 0.05) is 17.9 Å². The van der Waals surface area contributed by atoms with Crippen LogP contribution in [0.25, 0.3) is 22.2 Å². The first kappa shape index (κ1) is 19.7. The fourth-order valence-electron chi connectivity index (χ4n) is 3.26. The van der Waals surface area contributed by atoms with Crippen molar-refractivity contribution >= 4 is 46.2 Å². The van der Waals surface area contributed by atoms with E-state index in [1.807, 2.05) is 24.3 Å². The summed E-state index contributed by atoms with van der Waals surface area (Å²) in [5.41, 5.74) is 8.80. The van der Waals surface area contributed by atoms with Gasteiger partial charge in [0.2, 0.25) is 5.95 Å². The van der Waals surface area contributed by atoms with Crippen LogP contribution < -0.4 is 11.1 Å². The second kappa shape index (κ2) is 8.40. The van der Waals surface area contributed by atoms with E-state index in [0.717, 1.165) is 27.5 Å². The number of benzene rings is 2. The van der Waals surface area contributed by atoms with Crippen LogP contribution in [0.1, 0.15) is 11.1 Å². The lowest BCUT2D eigenvalue weighted by Gasteiger charge is -2.20. The molecule has 2 aromatic carbocycles. The number of aromatic nitrogens is 3. The monoisotopic (exact) mass is 431 g/mol. The van der Waals surface area contributed by atoms with Crippen LogP contribution in [0.15, 0.2) is 29.4 Å². The van der Waals surface area contributed by atoms with E-state index in [9.17, 15) is 4.79 Å². The van der Waals surface area contributed by atoms with Crippen LogP contribution in [0.5, 0.6) is 0 Å². The maximum Gasteiger partial charge on any atom is 0.406 e. The molecule has 0 spiro atoms. The zero-order chi connectivity index (χ0) is 20.4. The Morgan fingerprint density at radius 3 is 2.97 bits per heavy atom. The molecular formula is C19H18ClN5O3S. The SMILES string of the molecule is COC(=O)NCCSc1nc(N)nc(-c2c(Cl)cc3c4c(cccc24)COC3)n1. The standard InChI is InChI=1S/C19H18ClN5O3S/c1-27-19(26)22-5-6-29-18-24-16(23-17(21)25-18)15-12-4-2-3-10-8-28-9-11(14(10)12)7-13(15)20/h2-4,7H,5-6,8-9H2,1H3,(H,22,26)(H2,21,23,24,25). The average Bonchev–Trinajstić information content (AvgIpc) is 2.71. The topological polar surface area (TPSA) is 112 Å². The maximum absolute atomic E-state index is 11.1. The Hall–Kier alpha value is -2.62. The zero-order valence-electron chi connectivity index (χ0n) is 15.6. The quantitative estimate of drug-likeness (QED) is 0.467. The summed E-state index contributed by atoms with van der Waals surface area (Å²) < 4.78 is 10.2. The van der Waals surface area contributed by atoms with Gasteiger partial charge in [-0.1, -0.05) is 41.6 Å². The largest absolute Gasteiger partial charge is 0.453 e. The fourth-order valence-corrected chi connectivity index (χ4v) is 4.28. The van der Waals surface area contributed by atoms with Gasteiger partial charge in [-0.25, -0.2) is 9.78 Å². The molecule has 4 rings (SSSR count). The lowest BCUT2D eigenvalue weighted by molar-refractivity contribution is 0.103. The molecule has 10 heteroatoms. The van der Waals surface area contributed by atoms with Crippen molar-refractivity contribution in [2.24, 2.45) is 0 Å². The molecule has 3 N–H and O–H groups in total. The number of rotatable bonds is 5.